The Morgan fingerprint density at radius 3 is 1.89 bits per heavy atom. The Morgan fingerprint density at radius 2 is 1.46 bits per heavy atom. The predicted octanol–water partition coefficient (Wildman–Crippen LogP) is 0.164. The Hall–Kier alpha value is -2.94. The second-order valence-electron chi connectivity index (χ2n) is 5.83. The van der Waals surface area contributed by atoms with E-state index in [9.17, 15) is 19.5 Å². The fraction of sp³-hybridized carbons (Fsp3) is 0.211. The van der Waals surface area contributed by atoms with Gasteiger partial charge in [0.15, 0.2) is 12.3 Å². The normalized spacial score (nSPS) is 11.6. The van der Waals surface area contributed by atoms with E-state index in [-0.39, 0.29) is 18.8 Å². The van der Waals surface area contributed by atoms with Gasteiger partial charge in [-0.05, 0) is 11.1 Å². The first-order valence-corrected chi connectivity index (χ1v) is 8.18. The van der Waals surface area contributed by atoms with E-state index in [0.717, 1.165) is 0 Å². The quantitative estimate of drug-likeness (QED) is 0.362. The average Bonchev–Trinajstić information content (AvgIpc) is 2.67. The largest absolute Gasteiger partial charge is 0.443 e. The molecule has 0 saturated carbocycles. The Kier molecular flexibility index (Phi) is 8.59. The lowest BCUT2D eigenvalue weighted by Crippen LogP contribution is -2.47. The summed E-state index contributed by atoms with van der Waals surface area (Å²) in [5.74, 6) is -2.42. The van der Waals surface area contributed by atoms with Crippen LogP contribution >= 0.6 is 12.4 Å². The number of aliphatic hydroxyl groups is 1. The van der Waals surface area contributed by atoms with Gasteiger partial charge in [0.1, 0.15) is 6.04 Å². The van der Waals surface area contributed by atoms with Gasteiger partial charge in [-0.15, -0.1) is 12.4 Å². The lowest BCUT2D eigenvalue weighted by molar-refractivity contribution is -0.150. The number of benzene rings is 2. The zero-order chi connectivity index (χ0) is 19.9. The lowest BCUT2D eigenvalue weighted by atomic mass is 9.85. The first kappa shape index (κ1) is 23.1. The Morgan fingerprint density at radius 1 is 1.00 bits per heavy atom. The van der Waals surface area contributed by atoms with Gasteiger partial charge in [0, 0.05) is 0 Å². The number of halogens is 1. The smallest absolute Gasteiger partial charge is 0.325 e. The van der Waals surface area contributed by atoms with E-state index in [1.807, 2.05) is 0 Å². The SMILES string of the molecule is Cl.NC(=O)C[C@H](N)C(=O)OCNC(=O)C(O)(c1ccccc1)c1ccccc1. The van der Waals surface area contributed by atoms with Gasteiger partial charge >= 0.3 is 5.97 Å². The number of nitrogens with one attached hydrogen (secondary N) is 1. The second kappa shape index (κ2) is 10.4. The summed E-state index contributed by atoms with van der Waals surface area (Å²) >= 11 is 0. The first-order valence-electron chi connectivity index (χ1n) is 8.18. The molecule has 0 fully saturated rings. The van der Waals surface area contributed by atoms with E-state index in [0.29, 0.717) is 11.1 Å². The summed E-state index contributed by atoms with van der Waals surface area (Å²) in [6.07, 6.45) is -0.370. The highest BCUT2D eigenvalue weighted by Gasteiger charge is 2.39. The summed E-state index contributed by atoms with van der Waals surface area (Å²) in [6.45, 7) is -0.522. The predicted molar refractivity (Wildman–Crippen MR) is 104 cm³/mol. The third kappa shape index (κ3) is 5.53. The molecule has 150 valence electrons. The molecule has 0 aliphatic rings. The molecule has 6 N–H and O–H groups in total. The molecule has 2 rings (SSSR count). The van der Waals surface area contributed by atoms with E-state index in [2.05, 4.69) is 5.32 Å². The van der Waals surface area contributed by atoms with Gasteiger partial charge in [-0.1, -0.05) is 60.7 Å². The monoisotopic (exact) mass is 407 g/mol. The fourth-order valence-electron chi connectivity index (χ4n) is 2.50. The molecule has 8 nitrogen and oxygen atoms in total. The summed E-state index contributed by atoms with van der Waals surface area (Å²) in [5, 5.41) is 13.5. The minimum absolute atomic E-state index is 0. The molecular formula is C19H22ClN3O5. The van der Waals surface area contributed by atoms with Crippen molar-refractivity contribution in [3.8, 4) is 0 Å². The van der Waals surface area contributed by atoms with Crippen LogP contribution in [0.4, 0.5) is 0 Å². The molecule has 0 bridgehead atoms. The van der Waals surface area contributed by atoms with Crippen LogP contribution in [0, 0.1) is 0 Å². The Labute approximate surface area is 168 Å². The molecule has 0 aliphatic heterocycles. The van der Waals surface area contributed by atoms with Crippen molar-refractivity contribution in [3.63, 3.8) is 0 Å². The van der Waals surface area contributed by atoms with E-state index in [4.69, 9.17) is 16.2 Å². The number of primary amides is 1. The van der Waals surface area contributed by atoms with Crippen molar-refractivity contribution < 1.29 is 24.2 Å². The maximum Gasteiger partial charge on any atom is 0.325 e. The number of amides is 2. The molecule has 0 radical (unpaired) electrons. The van der Waals surface area contributed by atoms with Gasteiger partial charge in [0.25, 0.3) is 5.91 Å². The minimum atomic E-state index is -1.98. The summed E-state index contributed by atoms with van der Waals surface area (Å²) in [6, 6.07) is 15.5. The number of carbonyl (C=O) groups excluding carboxylic acids is 3. The summed E-state index contributed by atoms with van der Waals surface area (Å²) in [7, 11) is 0. The third-order valence-corrected chi connectivity index (χ3v) is 3.88. The number of rotatable bonds is 8. The van der Waals surface area contributed by atoms with Crippen molar-refractivity contribution in [2.24, 2.45) is 11.5 Å². The molecule has 9 heteroatoms. The van der Waals surface area contributed by atoms with Gasteiger partial charge < -0.3 is 26.6 Å². The maximum atomic E-state index is 12.7. The highest BCUT2D eigenvalue weighted by Crippen LogP contribution is 2.29. The molecule has 0 aromatic heterocycles. The van der Waals surface area contributed by atoms with Crippen LogP contribution in [0.2, 0.25) is 0 Å². The van der Waals surface area contributed by atoms with Gasteiger partial charge in [-0.2, -0.15) is 0 Å². The van der Waals surface area contributed by atoms with Gasteiger partial charge in [-0.25, -0.2) is 0 Å². The number of hydrogen-bond donors (Lipinski definition) is 4. The molecule has 2 amide bonds. The van der Waals surface area contributed by atoms with Crippen LogP contribution < -0.4 is 16.8 Å². The topological polar surface area (TPSA) is 145 Å². The molecule has 2 aromatic carbocycles. The van der Waals surface area contributed by atoms with E-state index in [1.165, 1.54) is 0 Å². The van der Waals surface area contributed by atoms with E-state index in [1.54, 1.807) is 60.7 Å². The molecule has 0 spiro atoms. The maximum absolute atomic E-state index is 12.7. The standard InChI is InChI=1S/C19H21N3O5.ClH/c20-15(11-16(21)23)17(24)27-12-22-18(25)19(26,13-7-3-1-4-8-13)14-9-5-2-6-10-14;/h1-10,15,26H,11-12,20H2,(H2,21,23)(H,22,25);1H/t15-;/m0./s1. The van der Waals surface area contributed by atoms with E-state index < -0.39 is 36.2 Å². The summed E-state index contributed by atoms with van der Waals surface area (Å²) in [4.78, 5) is 35.2. The number of nitrogens with two attached hydrogens (primary N) is 2. The highest BCUT2D eigenvalue weighted by atomic mass is 35.5. The van der Waals surface area contributed by atoms with Crippen molar-refractivity contribution in [1.82, 2.24) is 5.32 Å². The molecule has 1 atom stereocenters. The molecule has 0 unspecified atom stereocenters. The average molecular weight is 408 g/mol. The molecule has 2 aromatic rings. The summed E-state index contributed by atoms with van der Waals surface area (Å²) in [5.41, 5.74) is 9.15. The second-order valence-corrected chi connectivity index (χ2v) is 5.83. The van der Waals surface area contributed by atoms with Crippen LogP contribution in [-0.4, -0.2) is 35.7 Å². The van der Waals surface area contributed by atoms with Crippen LogP contribution in [0.1, 0.15) is 17.5 Å². The van der Waals surface area contributed by atoms with Gasteiger partial charge in [-0.3, -0.25) is 14.4 Å². The van der Waals surface area contributed by atoms with Crippen LogP contribution in [0.3, 0.4) is 0 Å². The first-order chi connectivity index (χ1) is 12.9. The van der Waals surface area contributed by atoms with Crippen molar-refractivity contribution in [1.29, 1.82) is 0 Å². The molecule has 28 heavy (non-hydrogen) atoms. The Bertz CT molecular complexity index is 762. The number of hydrogen-bond acceptors (Lipinski definition) is 6. The lowest BCUT2D eigenvalue weighted by Gasteiger charge is -2.28. The third-order valence-electron chi connectivity index (χ3n) is 3.88. The summed E-state index contributed by atoms with van der Waals surface area (Å²) < 4.78 is 4.83. The van der Waals surface area contributed by atoms with Crippen molar-refractivity contribution in [3.05, 3.63) is 71.8 Å². The number of carbonyl (C=O) groups is 3. The van der Waals surface area contributed by atoms with E-state index >= 15 is 0 Å². The molecule has 0 aliphatic carbocycles. The van der Waals surface area contributed by atoms with Crippen LogP contribution in [0.5, 0.6) is 0 Å². The van der Waals surface area contributed by atoms with Gasteiger partial charge in [0.05, 0.1) is 6.42 Å². The van der Waals surface area contributed by atoms with Crippen LogP contribution in [0.15, 0.2) is 60.7 Å². The highest BCUT2D eigenvalue weighted by molar-refractivity contribution is 5.90. The molecular weight excluding hydrogens is 386 g/mol. The van der Waals surface area contributed by atoms with Crippen LogP contribution in [0.25, 0.3) is 0 Å². The molecule has 0 heterocycles. The fourth-order valence-corrected chi connectivity index (χ4v) is 2.50. The zero-order valence-corrected chi connectivity index (χ0v) is 15.7. The van der Waals surface area contributed by atoms with Crippen molar-refractivity contribution in [2.45, 2.75) is 18.1 Å². The zero-order valence-electron chi connectivity index (χ0n) is 14.9. The Balaban J connectivity index is 0.00000392. The number of ether oxygens (including phenoxy) is 1. The van der Waals surface area contributed by atoms with Crippen molar-refractivity contribution >= 4 is 30.2 Å². The minimum Gasteiger partial charge on any atom is -0.443 e. The van der Waals surface area contributed by atoms with Crippen LogP contribution in [-0.2, 0) is 24.7 Å². The molecule has 0 saturated heterocycles. The number of esters is 1. The van der Waals surface area contributed by atoms with Crippen molar-refractivity contribution in [2.75, 3.05) is 6.73 Å². The van der Waals surface area contributed by atoms with Gasteiger partial charge in [0.2, 0.25) is 5.91 Å².